The average molecular weight is 198 g/mol. The molecule has 0 aromatic heterocycles. The molecule has 0 aliphatic carbocycles. The van der Waals surface area contributed by atoms with Gasteiger partial charge in [0.25, 0.3) is 0 Å². The molecule has 1 aliphatic heterocycles. The third-order valence-corrected chi connectivity index (χ3v) is 2.94. The van der Waals surface area contributed by atoms with Crippen molar-refractivity contribution in [2.45, 2.75) is 39.5 Å². The van der Waals surface area contributed by atoms with E-state index in [9.17, 15) is 4.79 Å². The van der Waals surface area contributed by atoms with E-state index in [1.807, 2.05) is 4.90 Å². The van der Waals surface area contributed by atoms with Gasteiger partial charge in [0.2, 0.25) is 0 Å². The maximum Gasteiger partial charge on any atom is 0.317 e. The summed E-state index contributed by atoms with van der Waals surface area (Å²) in [4.78, 5) is 13.6. The van der Waals surface area contributed by atoms with Crippen molar-refractivity contribution in [3.05, 3.63) is 0 Å². The highest BCUT2D eigenvalue weighted by Gasteiger charge is 2.15. The molecule has 14 heavy (non-hydrogen) atoms. The molecule has 82 valence electrons. The summed E-state index contributed by atoms with van der Waals surface area (Å²) in [7, 11) is 0. The van der Waals surface area contributed by atoms with Crippen LogP contribution in [0.4, 0.5) is 4.79 Å². The Hall–Kier alpha value is -0.730. The number of amides is 2. The zero-order chi connectivity index (χ0) is 10.4. The number of carbonyl (C=O) groups is 1. The lowest BCUT2D eigenvalue weighted by molar-refractivity contribution is 0.185. The molecule has 1 heterocycles. The predicted octanol–water partition coefficient (Wildman–Crippen LogP) is 2.23. The minimum absolute atomic E-state index is 0.130. The second-order valence-corrected chi connectivity index (χ2v) is 4.25. The van der Waals surface area contributed by atoms with Gasteiger partial charge in [-0.25, -0.2) is 4.79 Å². The highest BCUT2D eigenvalue weighted by atomic mass is 16.2. The van der Waals surface area contributed by atoms with Crippen LogP contribution >= 0.6 is 0 Å². The van der Waals surface area contributed by atoms with Crippen molar-refractivity contribution in [2.75, 3.05) is 19.6 Å². The molecule has 2 amide bonds. The van der Waals surface area contributed by atoms with Gasteiger partial charge in [0.1, 0.15) is 0 Å². The Morgan fingerprint density at radius 3 is 2.57 bits per heavy atom. The van der Waals surface area contributed by atoms with Crippen molar-refractivity contribution < 1.29 is 4.79 Å². The quantitative estimate of drug-likeness (QED) is 0.741. The smallest absolute Gasteiger partial charge is 0.317 e. The number of piperidine rings is 1. The molecule has 1 N–H and O–H groups in total. The van der Waals surface area contributed by atoms with Crippen molar-refractivity contribution in [3.63, 3.8) is 0 Å². The Labute approximate surface area is 86.9 Å². The Morgan fingerprint density at radius 1 is 1.36 bits per heavy atom. The number of urea groups is 1. The van der Waals surface area contributed by atoms with Gasteiger partial charge in [0, 0.05) is 19.6 Å². The summed E-state index contributed by atoms with van der Waals surface area (Å²) >= 11 is 0. The Kier molecular flexibility index (Phi) is 4.77. The summed E-state index contributed by atoms with van der Waals surface area (Å²) in [6.45, 7) is 7.00. The van der Waals surface area contributed by atoms with E-state index in [0.29, 0.717) is 5.92 Å². The third kappa shape index (κ3) is 3.56. The number of hydrogen-bond acceptors (Lipinski definition) is 1. The van der Waals surface area contributed by atoms with E-state index in [-0.39, 0.29) is 6.03 Å². The summed E-state index contributed by atoms with van der Waals surface area (Å²) in [5.41, 5.74) is 0. The molecule has 3 nitrogen and oxygen atoms in total. The van der Waals surface area contributed by atoms with Gasteiger partial charge in [-0.1, -0.05) is 20.3 Å². The summed E-state index contributed by atoms with van der Waals surface area (Å²) in [5, 5.41) is 2.99. The molecule has 1 saturated heterocycles. The van der Waals surface area contributed by atoms with Gasteiger partial charge in [-0.2, -0.15) is 0 Å². The van der Waals surface area contributed by atoms with Gasteiger partial charge in [0.05, 0.1) is 0 Å². The SMILES string of the molecule is CCC(C)CNC(=O)N1CCCCC1. The highest BCUT2D eigenvalue weighted by molar-refractivity contribution is 5.74. The topological polar surface area (TPSA) is 32.3 Å². The first-order chi connectivity index (χ1) is 6.74. The molecule has 3 heteroatoms. The minimum atomic E-state index is 0.130. The largest absolute Gasteiger partial charge is 0.338 e. The summed E-state index contributed by atoms with van der Waals surface area (Å²) < 4.78 is 0. The number of nitrogens with one attached hydrogen (secondary N) is 1. The maximum absolute atomic E-state index is 11.6. The van der Waals surface area contributed by atoms with Gasteiger partial charge >= 0.3 is 6.03 Å². The van der Waals surface area contributed by atoms with Gasteiger partial charge in [0.15, 0.2) is 0 Å². The van der Waals surface area contributed by atoms with E-state index in [1.165, 1.54) is 6.42 Å². The maximum atomic E-state index is 11.6. The van der Waals surface area contributed by atoms with E-state index in [0.717, 1.165) is 38.9 Å². The van der Waals surface area contributed by atoms with Crippen molar-refractivity contribution in [2.24, 2.45) is 5.92 Å². The van der Waals surface area contributed by atoms with Crippen LogP contribution in [0, 0.1) is 5.92 Å². The van der Waals surface area contributed by atoms with Crippen LogP contribution in [0.15, 0.2) is 0 Å². The molecular formula is C11H22N2O. The molecule has 0 bridgehead atoms. The van der Waals surface area contributed by atoms with E-state index >= 15 is 0 Å². The lowest BCUT2D eigenvalue weighted by Gasteiger charge is -2.27. The fourth-order valence-electron chi connectivity index (χ4n) is 1.61. The number of hydrogen-bond donors (Lipinski definition) is 1. The molecule has 1 aliphatic rings. The molecule has 1 unspecified atom stereocenters. The van der Waals surface area contributed by atoms with Gasteiger partial charge < -0.3 is 10.2 Å². The van der Waals surface area contributed by atoms with Crippen LogP contribution in [-0.4, -0.2) is 30.6 Å². The molecule has 1 fully saturated rings. The second kappa shape index (κ2) is 5.89. The van der Waals surface area contributed by atoms with E-state index in [2.05, 4.69) is 19.2 Å². The van der Waals surface area contributed by atoms with E-state index in [4.69, 9.17) is 0 Å². The van der Waals surface area contributed by atoms with Crippen LogP contribution in [0.25, 0.3) is 0 Å². The fourth-order valence-corrected chi connectivity index (χ4v) is 1.61. The first-order valence-corrected chi connectivity index (χ1v) is 5.76. The van der Waals surface area contributed by atoms with Crippen LogP contribution in [-0.2, 0) is 0 Å². The highest BCUT2D eigenvalue weighted by Crippen LogP contribution is 2.08. The molecule has 0 saturated carbocycles. The van der Waals surface area contributed by atoms with Crippen molar-refractivity contribution in [1.82, 2.24) is 10.2 Å². The van der Waals surface area contributed by atoms with Crippen LogP contribution in [0.5, 0.6) is 0 Å². The van der Waals surface area contributed by atoms with Crippen molar-refractivity contribution >= 4 is 6.03 Å². The fraction of sp³-hybridized carbons (Fsp3) is 0.909. The van der Waals surface area contributed by atoms with Gasteiger partial charge in [-0.15, -0.1) is 0 Å². The molecule has 1 rings (SSSR count). The van der Waals surface area contributed by atoms with E-state index in [1.54, 1.807) is 0 Å². The third-order valence-electron chi connectivity index (χ3n) is 2.94. The van der Waals surface area contributed by atoms with Crippen LogP contribution in [0.3, 0.4) is 0 Å². The first-order valence-electron chi connectivity index (χ1n) is 5.76. The number of rotatable bonds is 3. The Balaban J connectivity index is 2.19. The standard InChI is InChI=1S/C11H22N2O/c1-3-10(2)9-12-11(14)13-7-5-4-6-8-13/h10H,3-9H2,1-2H3,(H,12,14). The monoisotopic (exact) mass is 198 g/mol. The molecule has 0 spiro atoms. The number of likely N-dealkylation sites (tertiary alicyclic amines) is 1. The average Bonchev–Trinajstić information content (AvgIpc) is 2.26. The Bertz CT molecular complexity index is 176. The molecule has 0 aromatic carbocycles. The summed E-state index contributed by atoms with van der Waals surface area (Å²) in [6.07, 6.45) is 4.73. The zero-order valence-electron chi connectivity index (χ0n) is 9.38. The minimum Gasteiger partial charge on any atom is -0.338 e. The normalized spacial score (nSPS) is 19.1. The summed E-state index contributed by atoms with van der Waals surface area (Å²) in [6, 6.07) is 0.130. The predicted molar refractivity (Wildman–Crippen MR) is 58.3 cm³/mol. The lowest BCUT2D eigenvalue weighted by atomic mass is 10.1. The number of carbonyl (C=O) groups excluding carboxylic acids is 1. The van der Waals surface area contributed by atoms with Crippen LogP contribution in [0.1, 0.15) is 39.5 Å². The number of nitrogens with zero attached hydrogens (tertiary/aromatic N) is 1. The molecule has 1 atom stereocenters. The van der Waals surface area contributed by atoms with Crippen molar-refractivity contribution in [1.29, 1.82) is 0 Å². The molecular weight excluding hydrogens is 176 g/mol. The van der Waals surface area contributed by atoms with Crippen molar-refractivity contribution in [3.8, 4) is 0 Å². The van der Waals surface area contributed by atoms with Gasteiger partial charge in [-0.05, 0) is 25.2 Å². The second-order valence-electron chi connectivity index (χ2n) is 4.25. The van der Waals surface area contributed by atoms with Gasteiger partial charge in [-0.3, -0.25) is 0 Å². The lowest BCUT2D eigenvalue weighted by Crippen LogP contribution is -2.43. The van der Waals surface area contributed by atoms with Crippen LogP contribution < -0.4 is 5.32 Å². The molecule has 0 aromatic rings. The van der Waals surface area contributed by atoms with E-state index < -0.39 is 0 Å². The first kappa shape index (κ1) is 11.3. The zero-order valence-corrected chi connectivity index (χ0v) is 9.38. The van der Waals surface area contributed by atoms with Crippen LogP contribution in [0.2, 0.25) is 0 Å². The summed E-state index contributed by atoms with van der Waals surface area (Å²) in [5.74, 6) is 0.587. The Morgan fingerprint density at radius 2 is 2.00 bits per heavy atom. The molecule has 0 radical (unpaired) electrons.